The molecule has 102 valence electrons. The van der Waals surface area contributed by atoms with Gasteiger partial charge < -0.3 is 15.5 Å². The normalized spacial score (nSPS) is 11.6. The van der Waals surface area contributed by atoms with E-state index >= 15 is 0 Å². The van der Waals surface area contributed by atoms with Crippen LogP contribution in [0.1, 0.15) is 26.3 Å². The summed E-state index contributed by atoms with van der Waals surface area (Å²) in [5, 5.41) is 0. The van der Waals surface area contributed by atoms with Crippen molar-refractivity contribution in [2.45, 2.75) is 26.2 Å². The van der Waals surface area contributed by atoms with Crippen LogP contribution in [-0.4, -0.2) is 17.1 Å². The zero-order valence-corrected chi connectivity index (χ0v) is 13.1. The summed E-state index contributed by atoms with van der Waals surface area (Å²) in [6.45, 7) is 6.52. The zero-order valence-electron chi connectivity index (χ0n) is 11.5. The molecule has 4 nitrogen and oxygen atoms in total. The third-order valence-electron chi connectivity index (χ3n) is 3.00. The van der Waals surface area contributed by atoms with Crippen LogP contribution in [0.3, 0.4) is 0 Å². The number of methoxy groups -OCH3 is 1. The summed E-state index contributed by atoms with van der Waals surface area (Å²) in [7, 11) is 1.65. The minimum Gasteiger partial charge on any atom is -0.496 e. The molecule has 2 aromatic rings. The number of nitrogen functional groups attached to an aromatic ring is 1. The van der Waals surface area contributed by atoms with Gasteiger partial charge in [0, 0.05) is 5.56 Å². The van der Waals surface area contributed by atoms with Gasteiger partial charge in [-0.25, -0.2) is 4.98 Å². The number of nitrogens with zero attached hydrogens (tertiary/aromatic N) is 1. The molecule has 3 N–H and O–H groups in total. The fraction of sp³-hybridized carbons (Fsp3) is 0.357. The highest BCUT2D eigenvalue weighted by atomic mass is 79.9. The molecule has 0 bridgehead atoms. The molecule has 0 saturated heterocycles. The van der Waals surface area contributed by atoms with Crippen molar-refractivity contribution in [3.8, 4) is 17.0 Å². The largest absolute Gasteiger partial charge is 0.496 e. The minimum absolute atomic E-state index is 0.0648. The molecule has 0 aliphatic carbocycles. The van der Waals surface area contributed by atoms with Gasteiger partial charge in [0.1, 0.15) is 16.0 Å². The fourth-order valence-corrected chi connectivity index (χ4v) is 2.41. The van der Waals surface area contributed by atoms with Crippen molar-refractivity contribution in [3.05, 3.63) is 28.4 Å². The number of H-pyrrole nitrogens is 1. The summed E-state index contributed by atoms with van der Waals surface area (Å²) in [5.41, 5.74) is 8.67. The van der Waals surface area contributed by atoms with Crippen LogP contribution < -0.4 is 10.5 Å². The maximum atomic E-state index is 5.69. The first-order valence-corrected chi connectivity index (χ1v) is 6.82. The fourth-order valence-electron chi connectivity index (χ4n) is 1.91. The Bertz CT molecular complexity index is 599. The van der Waals surface area contributed by atoms with Gasteiger partial charge >= 0.3 is 0 Å². The average Bonchev–Trinajstić information content (AvgIpc) is 2.66. The van der Waals surface area contributed by atoms with E-state index < -0.39 is 0 Å². The predicted octanol–water partition coefficient (Wildman–Crippen LogP) is 3.73. The lowest BCUT2D eigenvalue weighted by atomic mass is 9.86. The first kappa shape index (κ1) is 13.9. The highest BCUT2D eigenvalue weighted by Gasteiger charge is 2.19. The van der Waals surface area contributed by atoms with Gasteiger partial charge in [-0.3, -0.25) is 0 Å². The third-order valence-corrected chi connectivity index (χ3v) is 3.57. The molecule has 0 radical (unpaired) electrons. The molecule has 0 fully saturated rings. The molecule has 1 heterocycles. The lowest BCUT2D eigenvalue weighted by Crippen LogP contribution is -2.11. The number of aromatic amines is 1. The Morgan fingerprint density at radius 1 is 1.32 bits per heavy atom. The Morgan fingerprint density at radius 2 is 2.00 bits per heavy atom. The lowest BCUT2D eigenvalue weighted by molar-refractivity contribution is 0.415. The van der Waals surface area contributed by atoms with Gasteiger partial charge in [0.15, 0.2) is 5.95 Å². The molecule has 0 unspecified atom stereocenters. The van der Waals surface area contributed by atoms with Crippen LogP contribution in [0, 0.1) is 0 Å². The number of rotatable bonds is 2. The Labute approximate surface area is 121 Å². The quantitative estimate of drug-likeness (QED) is 0.885. The van der Waals surface area contributed by atoms with Crippen LogP contribution in [0.15, 0.2) is 22.8 Å². The number of ether oxygens (including phenoxy) is 1. The van der Waals surface area contributed by atoms with Crippen LogP contribution in [0.25, 0.3) is 11.3 Å². The molecule has 0 spiro atoms. The van der Waals surface area contributed by atoms with Crippen LogP contribution >= 0.6 is 15.9 Å². The number of hydrogen-bond donors (Lipinski definition) is 2. The topological polar surface area (TPSA) is 63.9 Å². The number of imidazole rings is 1. The number of anilines is 1. The van der Waals surface area contributed by atoms with Gasteiger partial charge in [-0.1, -0.05) is 26.8 Å². The molecule has 5 heteroatoms. The Hall–Kier alpha value is -1.49. The highest BCUT2D eigenvalue weighted by molar-refractivity contribution is 9.10. The second-order valence-corrected chi connectivity index (χ2v) is 6.24. The van der Waals surface area contributed by atoms with Crippen molar-refractivity contribution in [1.29, 1.82) is 0 Å². The standard InChI is InChI=1S/C14H18BrN3O/c1-14(2,3)8-5-6-10(19-4)9(7-8)11-12(15)18-13(16)17-11/h5-7H,1-4H3,(H3,16,17,18). The minimum atomic E-state index is 0.0648. The molecule has 0 saturated carbocycles. The first-order chi connectivity index (χ1) is 8.82. The Morgan fingerprint density at radius 3 is 2.47 bits per heavy atom. The van der Waals surface area contributed by atoms with Crippen molar-refractivity contribution in [1.82, 2.24) is 9.97 Å². The Kier molecular flexibility index (Phi) is 3.58. The van der Waals surface area contributed by atoms with Crippen molar-refractivity contribution in [2.75, 3.05) is 12.8 Å². The number of hydrogen-bond acceptors (Lipinski definition) is 3. The zero-order chi connectivity index (χ0) is 14.2. The van der Waals surface area contributed by atoms with E-state index in [1.807, 2.05) is 6.07 Å². The summed E-state index contributed by atoms with van der Waals surface area (Å²) < 4.78 is 6.17. The van der Waals surface area contributed by atoms with E-state index in [-0.39, 0.29) is 5.41 Å². The SMILES string of the molecule is COc1ccc(C(C)(C)C)cc1-c1nc(N)[nH]c1Br. The molecular weight excluding hydrogens is 306 g/mol. The molecular formula is C14H18BrN3O. The second-order valence-electron chi connectivity index (χ2n) is 5.45. The van der Waals surface area contributed by atoms with Gasteiger partial charge in [0.05, 0.1) is 7.11 Å². The average molecular weight is 324 g/mol. The van der Waals surface area contributed by atoms with Gasteiger partial charge in [-0.15, -0.1) is 0 Å². The van der Waals surface area contributed by atoms with E-state index in [0.717, 1.165) is 21.6 Å². The molecule has 0 aliphatic heterocycles. The van der Waals surface area contributed by atoms with Gasteiger partial charge in [-0.2, -0.15) is 0 Å². The lowest BCUT2D eigenvalue weighted by Gasteiger charge is -2.20. The van der Waals surface area contributed by atoms with Crippen LogP contribution in [-0.2, 0) is 5.41 Å². The van der Waals surface area contributed by atoms with Crippen molar-refractivity contribution in [3.63, 3.8) is 0 Å². The number of halogens is 1. The van der Waals surface area contributed by atoms with Crippen molar-refractivity contribution in [2.24, 2.45) is 0 Å². The van der Waals surface area contributed by atoms with E-state index in [0.29, 0.717) is 5.95 Å². The van der Waals surface area contributed by atoms with Crippen molar-refractivity contribution < 1.29 is 4.74 Å². The van der Waals surface area contributed by atoms with Gasteiger partial charge in [-0.05, 0) is 39.0 Å². The molecule has 0 aliphatic rings. The highest BCUT2D eigenvalue weighted by Crippen LogP contribution is 2.37. The van der Waals surface area contributed by atoms with Crippen LogP contribution in [0.4, 0.5) is 5.95 Å². The summed E-state index contributed by atoms with van der Waals surface area (Å²) >= 11 is 3.44. The maximum absolute atomic E-state index is 5.69. The number of aromatic nitrogens is 2. The summed E-state index contributed by atoms with van der Waals surface area (Å²) in [5.74, 6) is 1.16. The van der Waals surface area contributed by atoms with Crippen LogP contribution in [0.5, 0.6) is 5.75 Å². The van der Waals surface area contributed by atoms with Crippen LogP contribution in [0.2, 0.25) is 0 Å². The molecule has 2 rings (SSSR count). The van der Waals surface area contributed by atoms with E-state index in [4.69, 9.17) is 10.5 Å². The summed E-state index contributed by atoms with van der Waals surface area (Å²) in [6, 6.07) is 6.14. The molecule has 19 heavy (non-hydrogen) atoms. The molecule has 0 amide bonds. The second kappa shape index (κ2) is 4.89. The summed E-state index contributed by atoms with van der Waals surface area (Å²) in [4.78, 5) is 7.25. The Balaban J connectivity index is 2.63. The smallest absolute Gasteiger partial charge is 0.198 e. The monoisotopic (exact) mass is 323 g/mol. The number of nitrogens with one attached hydrogen (secondary N) is 1. The third kappa shape index (κ3) is 2.76. The predicted molar refractivity (Wildman–Crippen MR) is 81.4 cm³/mol. The number of benzene rings is 1. The van der Waals surface area contributed by atoms with E-state index in [1.54, 1.807) is 7.11 Å². The first-order valence-electron chi connectivity index (χ1n) is 6.03. The van der Waals surface area contributed by atoms with E-state index in [2.05, 4.69) is 58.8 Å². The van der Waals surface area contributed by atoms with Gasteiger partial charge in [0.2, 0.25) is 0 Å². The van der Waals surface area contributed by atoms with E-state index in [1.165, 1.54) is 5.56 Å². The summed E-state index contributed by atoms with van der Waals surface area (Å²) in [6.07, 6.45) is 0. The number of nitrogens with two attached hydrogens (primary N) is 1. The molecule has 0 atom stereocenters. The maximum Gasteiger partial charge on any atom is 0.198 e. The molecule has 1 aromatic heterocycles. The van der Waals surface area contributed by atoms with E-state index in [9.17, 15) is 0 Å². The molecule has 1 aromatic carbocycles. The van der Waals surface area contributed by atoms with Gasteiger partial charge in [0.25, 0.3) is 0 Å². The van der Waals surface area contributed by atoms with Crippen molar-refractivity contribution >= 4 is 21.9 Å².